The Morgan fingerprint density at radius 3 is 2.88 bits per heavy atom. The second-order valence-electron chi connectivity index (χ2n) is 3.67. The summed E-state index contributed by atoms with van der Waals surface area (Å²) in [5.74, 6) is -2.00. The minimum Gasteiger partial charge on any atom is -0.327 e. The zero-order valence-electron chi connectivity index (χ0n) is 9.07. The number of rotatable bonds is 2. The number of nitrogens with one attached hydrogen (secondary N) is 2. The van der Waals surface area contributed by atoms with Gasteiger partial charge in [0.05, 0.1) is 6.33 Å². The minimum atomic E-state index is -1.56. The van der Waals surface area contributed by atoms with E-state index in [1.807, 2.05) is 6.92 Å². The van der Waals surface area contributed by atoms with E-state index in [-0.39, 0.29) is 5.78 Å². The minimum absolute atomic E-state index is 0.336. The molecule has 2 rings (SSSR count). The van der Waals surface area contributed by atoms with Crippen LogP contribution in [-0.2, 0) is 11.3 Å². The maximum Gasteiger partial charge on any atom is 0.274 e. The number of hydrogen-bond acceptors (Lipinski definition) is 5. The Bertz CT molecular complexity index is 466. The van der Waals surface area contributed by atoms with Gasteiger partial charge in [-0.05, 0) is 6.92 Å². The highest BCUT2D eigenvalue weighted by Gasteiger charge is 2.40. The van der Waals surface area contributed by atoms with E-state index < -0.39 is 11.7 Å². The third kappa shape index (κ3) is 1.36. The average Bonchev–Trinajstić information content (AvgIpc) is 2.60. The number of fused-ring (bicyclic) bond motifs is 1. The van der Waals surface area contributed by atoms with Gasteiger partial charge < -0.3 is 15.2 Å². The van der Waals surface area contributed by atoms with Gasteiger partial charge in [-0.2, -0.15) is 0 Å². The van der Waals surface area contributed by atoms with E-state index in [9.17, 15) is 9.59 Å². The van der Waals surface area contributed by atoms with Gasteiger partial charge in [-0.15, -0.1) is 0 Å². The molecule has 0 aromatic carbocycles. The molecule has 1 aromatic heterocycles. The van der Waals surface area contributed by atoms with Crippen molar-refractivity contribution < 1.29 is 9.59 Å². The Hall–Kier alpha value is -1.89. The molecular weight excluding hydrogens is 210 g/mol. The molecule has 0 saturated carbocycles. The molecule has 1 aliphatic rings. The van der Waals surface area contributed by atoms with Crippen molar-refractivity contribution in [2.24, 2.45) is 5.73 Å². The van der Waals surface area contributed by atoms with Crippen LogP contribution in [0.4, 0.5) is 5.82 Å². The predicted molar refractivity (Wildman–Crippen MR) is 56.6 cm³/mol. The van der Waals surface area contributed by atoms with Crippen LogP contribution in [0.15, 0.2) is 6.33 Å². The van der Waals surface area contributed by atoms with Gasteiger partial charge in [-0.3, -0.25) is 15.3 Å². The zero-order valence-corrected chi connectivity index (χ0v) is 9.07. The van der Waals surface area contributed by atoms with Crippen LogP contribution in [0.25, 0.3) is 0 Å². The van der Waals surface area contributed by atoms with E-state index in [0.717, 1.165) is 0 Å². The van der Waals surface area contributed by atoms with E-state index >= 15 is 0 Å². The molecule has 1 atom stereocenters. The number of carbonyl (C=O) groups excluding carboxylic acids is 2. The smallest absolute Gasteiger partial charge is 0.274 e. The maximum atomic E-state index is 11.8. The average molecular weight is 223 g/mol. The highest BCUT2D eigenvalue weighted by atomic mass is 16.2. The third-order valence-electron chi connectivity index (χ3n) is 2.58. The Kier molecular flexibility index (Phi) is 2.20. The van der Waals surface area contributed by atoms with Crippen molar-refractivity contribution in [1.29, 1.82) is 0 Å². The van der Waals surface area contributed by atoms with E-state index in [0.29, 0.717) is 18.1 Å². The van der Waals surface area contributed by atoms with Gasteiger partial charge >= 0.3 is 0 Å². The van der Waals surface area contributed by atoms with Gasteiger partial charge in [-0.25, -0.2) is 4.98 Å². The van der Waals surface area contributed by atoms with Gasteiger partial charge in [0.2, 0.25) is 5.79 Å². The van der Waals surface area contributed by atoms with Crippen molar-refractivity contribution in [3.05, 3.63) is 12.0 Å². The Morgan fingerprint density at radius 1 is 1.62 bits per heavy atom. The predicted octanol–water partition coefficient (Wildman–Crippen LogP) is -0.740. The number of nitrogens with zero attached hydrogens (tertiary/aromatic N) is 2. The van der Waals surface area contributed by atoms with Crippen LogP contribution in [0, 0.1) is 0 Å². The highest BCUT2D eigenvalue weighted by Crippen LogP contribution is 2.21. The summed E-state index contributed by atoms with van der Waals surface area (Å²) < 4.78 is 1.68. The van der Waals surface area contributed by atoms with Crippen LogP contribution in [0.2, 0.25) is 0 Å². The summed E-state index contributed by atoms with van der Waals surface area (Å²) in [6, 6.07) is 0. The lowest BCUT2D eigenvalue weighted by Gasteiger charge is -2.32. The molecule has 1 unspecified atom stereocenters. The number of aromatic nitrogens is 2. The molecule has 0 bridgehead atoms. The first-order valence-corrected chi connectivity index (χ1v) is 4.93. The number of hydrogen-bond donors (Lipinski definition) is 3. The molecule has 0 radical (unpaired) electrons. The summed E-state index contributed by atoms with van der Waals surface area (Å²) in [4.78, 5) is 27.1. The van der Waals surface area contributed by atoms with Crippen LogP contribution in [-0.4, -0.2) is 27.0 Å². The van der Waals surface area contributed by atoms with Crippen LogP contribution in [0.3, 0.4) is 0 Å². The van der Waals surface area contributed by atoms with E-state index in [1.165, 1.54) is 13.3 Å². The molecule has 0 spiro atoms. The fourth-order valence-corrected chi connectivity index (χ4v) is 1.58. The van der Waals surface area contributed by atoms with E-state index in [2.05, 4.69) is 15.6 Å². The lowest BCUT2D eigenvalue weighted by atomic mass is 10.1. The maximum absolute atomic E-state index is 11.8. The van der Waals surface area contributed by atoms with Crippen molar-refractivity contribution in [2.45, 2.75) is 26.2 Å². The van der Waals surface area contributed by atoms with Gasteiger partial charge in [-0.1, -0.05) is 0 Å². The van der Waals surface area contributed by atoms with Gasteiger partial charge in [0.1, 0.15) is 0 Å². The number of Topliss-reactive ketones (excluding diaryl/α,β-unsaturated/α-hetero) is 1. The van der Waals surface area contributed by atoms with Crippen LogP contribution in [0.5, 0.6) is 0 Å². The third-order valence-corrected chi connectivity index (χ3v) is 2.58. The topological polar surface area (TPSA) is 102 Å². The number of amides is 1. The second kappa shape index (κ2) is 3.31. The summed E-state index contributed by atoms with van der Waals surface area (Å²) in [6.07, 6.45) is 1.53. The number of aryl methyl sites for hydroxylation is 1. The van der Waals surface area contributed by atoms with E-state index in [1.54, 1.807) is 4.57 Å². The summed E-state index contributed by atoms with van der Waals surface area (Å²) >= 11 is 0. The molecule has 7 heteroatoms. The second-order valence-corrected chi connectivity index (χ2v) is 3.67. The molecule has 2 heterocycles. The van der Waals surface area contributed by atoms with Crippen LogP contribution < -0.4 is 16.4 Å². The zero-order chi connectivity index (χ0) is 11.9. The standard InChI is InChI=1S/C9H13N5O2/c1-3-14-4-11-7-6(14)8(16)13-9(10,12-7)5(2)15/h4,12H,3,10H2,1-2H3,(H,13,16). The van der Waals surface area contributed by atoms with Crippen molar-refractivity contribution in [3.8, 4) is 0 Å². The molecule has 7 nitrogen and oxygen atoms in total. The lowest BCUT2D eigenvalue weighted by molar-refractivity contribution is -0.121. The molecule has 1 aliphatic heterocycles. The molecule has 1 aromatic rings. The highest BCUT2D eigenvalue weighted by molar-refractivity contribution is 6.05. The molecule has 0 saturated heterocycles. The summed E-state index contributed by atoms with van der Waals surface area (Å²) in [7, 11) is 0. The molecule has 0 fully saturated rings. The fraction of sp³-hybridized carbons (Fsp3) is 0.444. The Balaban J connectivity index is 2.46. The Morgan fingerprint density at radius 2 is 2.31 bits per heavy atom. The number of carbonyl (C=O) groups is 2. The van der Waals surface area contributed by atoms with Crippen molar-refractivity contribution in [1.82, 2.24) is 14.9 Å². The van der Waals surface area contributed by atoms with Gasteiger partial charge in [0, 0.05) is 13.5 Å². The first kappa shape index (κ1) is 10.6. The summed E-state index contributed by atoms with van der Waals surface area (Å²) in [5.41, 5.74) is 6.11. The lowest BCUT2D eigenvalue weighted by Crippen LogP contribution is -2.68. The normalized spacial score (nSPS) is 23.3. The van der Waals surface area contributed by atoms with Crippen molar-refractivity contribution in [2.75, 3.05) is 5.32 Å². The molecular formula is C9H13N5O2. The SMILES string of the molecule is CCn1cnc2c1C(=O)NC(N)(C(C)=O)N2. The molecule has 1 amide bonds. The van der Waals surface area contributed by atoms with Crippen LogP contribution in [0.1, 0.15) is 24.3 Å². The number of anilines is 1. The van der Waals surface area contributed by atoms with Crippen molar-refractivity contribution in [3.63, 3.8) is 0 Å². The number of nitrogens with two attached hydrogens (primary N) is 1. The Labute approximate surface area is 92.0 Å². The molecule has 4 N–H and O–H groups in total. The van der Waals surface area contributed by atoms with Crippen molar-refractivity contribution >= 4 is 17.5 Å². The first-order chi connectivity index (χ1) is 7.48. The van der Waals surface area contributed by atoms with Gasteiger partial charge in [0.25, 0.3) is 5.91 Å². The quantitative estimate of drug-likeness (QED) is 0.613. The first-order valence-electron chi connectivity index (χ1n) is 4.93. The monoisotopic (exact) mass is 223 g/mol. The molecule has 86 valence electrons. The van der Waals surface area contributed by atoms with Crippen LogP contribution >= 0.6 is 0 Å². The summed E-state index contributed by atoms with van der Waals surface area (Å²) in [6.45, 7) is 3.81. The fourth-order valence-electron chi connectivity index (χ4n) is 1.58. The van der Waals surface area contributed by atoms with Gasteiger partial charge in [0.15, 0.2) is 17.3 Å². The molecule has 0 aliphatic carbocycles. The molecule has 16 heavy (non-hydrogen) atoms. The largest absolute Gasteiger partial charge is 0.327 e. The summed E-state index contributed by atoms with van der Waals surface area (Å²) in [5, 5.41) is 5.15. The van der Waals surface area contributed by atoms with E-state index in [4.69, 9.17) is 5.73 Å². The number of imidazole rings is 1. The number of ketones is 1.